The Morgan fingerprint density at radius 2 is 1.90 bits per heavy atom. The minimum Gasteiger partial charge on any atom is -0.367 e. The third-order valence-corrected chi connectivity index (χ3v) is 2.45. The lowest BCUT2D eigenvalue weighted by Crippen LogP contribution is -2.20. The SMILES string of the molecule is CC(c1cc(F)c2cnc(N)nn12)C(F)(F)F.CCC. The van der Waals surface area contributed by atoms with Crippen LogP contribution < -0.4 is 5.73 Å². The zero-order valence-corrected chi connectivity index (χ0v) is 11.4. The first kappa shape index (κ1) is 16.2. The average Bonchev–Trinajstić information content (AvgIpc) is 2.65. The third-order valence-electron chi connectivity index (χ3n) is 2.45. The van der Waals surface area contributed by atoms with E-state index in [1.807, 2.05) is 0 Å². The molecule has 8 heteroatoms. The van der Waals surface area contributed by atoms with Gasteiger partial charge < -0.3 is 5.73 Å². The quantitative estimate of drug-likeness (QED) is 0.818. The minimum absolute atomic E-state index is 0.134. The summed E-state index contributed by atoms with van der Waals surface area (Å²) in [6.45, 7) is 5.18. The van der Waals surface area contributed by atoms with Crippen LogP contribution in [-0.2, 0) is 0 Å². The fraction of sp³-hybridized carbons (Fsp3) is 0.500. The summed E-state index contributed by atoms with van der Waals surface area (Å²) in [6, 6.07) is 0.793. The molecule has 0 radical (unpaired) electrons. The zero-order chi connectivity index (χ0) is 15.5. The Kier molecular flexibility index (Phi) is 4.91. The van der Waals surface area contributed by atoms with Crippen LogP contribution in [0.15, 0.2) is 12.3 Å². The van der Waals surface area contributed by atoms with E-state index in [2.05, 4.69) is 23.9 Å². The number of fused-ring (bicyclic) bond motifs is 1. The highest BCUT2D eigenvalue weighted by Crippen LogP contribution is 2.35. The van der Waals surface area contributed by atoms with Crippen molar-refractivity contribution in [2.45, 2.75) is 39.3 Å². The van der Waals surface area contributed by atoms with E-state index in [1.165, 1.54) is 6.42 Å². The Bertz CT molecular complexity index is 577. The van der Waals surface area contributed by atoms with E-state index in [0.717, 1.165) is 23.7 Å². The van der Waals surface area contributed by atoms with E-state index in [4.69, 9.17) is 5.73 Å². The Hall–Kier alpha value is -1.86. The summed E-state index contributed by atoms with van der Waals surface area (Å²) >= 11 is 0. The number of rotatable bonds is 1. The molecule has 20 heavy (non-hydrogen) atoms. The van der Waals surface area contributed by atoms with Crippen molar-refractivity contribution >= 4 is 11.5 Å². The van der Waals surface area contributed by atoms with Gasteiger partial charge in [-0.05, 0) is 13.0 Å². The maximum Gasteiger partial charge on any atom is 0.396 e. The number of nitrogens with two attached hydrogens (primary N) is 1. The number of hydrogen-bond acceptors (Lipinski definition) is 3. The number of anilines is 1. The number of hydrogen-bond donors (Lipinski definition) is 1. The average molecular weight is 292 g/mol. The molecular weight excluding hydrogens is 276 g/mol. The van der Waals surface area contributed by atoms with Gasteiger partial charge in [-0.15, -0.1) is 5.10 Å². The van der Waals surface area contributed by atoms with Crippen LogP contribution in [0.25, 0.3) is 5.52 Å². The van der Waals surface area contributed by atoms with E-state index < -0.39 is 17.9 Å². The molecule has 0 amide bonds. The molecule has 2 heterocycles. The molecule has 0 aliphatic carbocycles. The molecule has 0 bridgehead atoms. The summed E-state index contributed by atoms with van der Waals surface area (Å²) in [5.41, 5.74) is 4.82. The van der Waals surface area contributed by atoms with E-state index in [0.29, 0.717) is 0 Å². The molecule has 1 unspecified atom stereocenters. The van der Waals surface area contributed by atoms with Crippen molar-refractivity contribution in [3.63, 3.8) is 0 Å². The van der Waals surface area contributed by atoms with Crippen molar-refractivity contribution in [2.24, 2.45) is 0 Å². The highest BCUT2D eigenvalue weighted by molar-refractivity contribution is 5.50. The van der Waals surface area contributed by atoms with Gasteiger partial charge in [0.1, 0.15) is 5.52 Å². The van der Waals surface area contributed by atoms with Crippen molar-refractivity contribution in [3.8, 4) is 0 Å². The molecule has 0 fully saturated rings. The lowest BCUT2D eigenvalue weighted by molar-refractivity contribution is -0.147. The van der Waals surface area contributed by atoms with E-state index >= 15 is 0 Å². The van der Waals surface area contributed by atoms with Crippen LogP contribution in [0.5, 0.6) is 0 Å². The molecule has 0 saturated heterocycles. The lowest BCUT2D eigenvalue weighted by atomic mass is 10.1. The number of nitrogen functional groups attached to an aromatic ring is 1. The summed E-state index contributed by atoms with van der Waals surface area (Å²) in [4.78, 5) is 3.53. The second kappa shape index (κ2) is 6.06. The topological polar surface area (TPSA) is 56.2 Å². The number of halogens is 4. The highest BCUT2D eigenvalue weighted by Gasteiger charge is 2.39. The van der Waals surface area contributed by atoms with Crippen molar-refractivity contribution in [1.29, 1.82) is 0 Å². The molecule has 4 nitrogen and oxygen atoms in total. The van der Waals surface area contributed by atoms with Crippen LogP contribution in [0.4, 0.5) is 23.5 Å². The molecule has 0 spiro atoms. The van der Waals surface area contributed by atoms with Crippen molar-refractivity contribution in [3.05, 3.63) is 23.8 Å². The molecule has 1 atom stereocenters. The van der Waals surface area contributed by atoms with Crippen LogP contribution >= 0.6 is 0 Å². The van der Waals surface area contributed by atoms with Gasteiger partial charge in [0.2, 0.25) is 5.95 Å². The Balaban J connectivity index is 0.000000612. The van der Waals surface area contributed by atoms with Crippen molar-refractivity contribution in [2.75, 3.05) is 5.73 Å². The van der Waals surface area contributed by atoms with Gasteiger partial charge in [0.05, 0.1) is 17.8 Å². The van der Waals surface area contributed by atoms with Gasteiger partial charge in [0, 0.05) is 0 Å². The molecule has 0 aliphatic heterocycles. The predicted molar refractivity (Wildman–Crippen MR) is 67.8 cm³/mol. The number of alkyl halides is 3. The summed E-state index contributed by atoms with van der Waals surface area (Å²) in [5, 5.41) is 3.57. The lowest BCUT2D eigenvalue weighted by Gasteiger charge is -2.14. The summed E-state index contributed by atoms with van der Waals surface area (Å²) in [6.07, 6.45) is -2.18. The standard InChI is InChI=1S/C9H8F4N4.C3H8/c1-4(9(11,12)13)6-2-5(10)7-3-15-8(14)16-17(6)7;1-3-2/h2-4H,1H3,(H2,14,16);3H2,1-2H3. The smallest absolute Gasteiger partial charge is 0.367 e. The van der Waals surface area contributed by atoms with Gasteiger partial charge in [-0.3, -0.25) is 0 Å². The third kappa shape index (κ3) is 3.37. The Morgan fingerprint density at radius 3 is 2.40 bits per heavy atom. The predicted octanol–water partition coefficient (Wildman–Crippen LogP) is 3.53. The van der Waals surface area contributed by atoms with Crippen LogP contribution in [0.3, 0.4) is 0 Å². The highest BCUT2D eigenvalue weighted by atomic mass is 19.4. The Morgan fingerprint density at radius 1 is 1.35 bits per heavy atom. The number of aromatic nitrogens is 3. The first-order chi connectivity index (χ1) is 9.22. The van der Waals surface area contributed by atoms with E-state index in [1.54, 1.807) is 0 Å². The van der Waals surface area contributed by atoms with Gasteiger partial charge in [-0.25, -0.2) is 13.9 Å². The van der Waals surface area contributed by atoms with Crippen LogP contribution in [0.1, 0.15) is 38.8 Å². The summed E-state index contributed by atoms with van der Waals surface area (Å²) < 4.78 is 51.9. The maximum atomic E-state index is 13.4. The van der Waals surface area contributed by atoms with Crippen LogP contribution in [0.2, 0.25) is 0 Å². The first-order valence-electron chi connectivity index (χ1n) is 6.08. The van der Waals surface area contributed by atoms with Crippen LogP contribution in [0, 0.1) is 5.82 Å². The number of nitrogens with zero attached hydrogens (tertiary/aromatic N) is 3. The first-order valence-corrected chi connectivity index (χ1v) is 6.08. The fourth-order valence-corrected chi connectivity index (χ4v) is 1.46. The summed E-state index contributed by atoms with van der Waals surface area (Å²) in [5.74, 6) is -2.87. The van der Waals surface area contributed by atoms with E-state index in [-0.39, 0.29) is 17.2 Å². The molecule has 2 N–H and O–H groups in total. The molecule has 0 aliphatic rings. The second-order valence-corrected chi connectivity index (χ2v) is 4.30. The molecule has 112 valence electrons. The largest absolute Gasteiger partial charge is 0.396 e. The van der Waals surface area contributed by atoms with Gasteiger partial charge >= 0.3 is 6.18 Å². The van der Waals surface area contributed by atoms with Gasteiger partial charge in [0.25, 0.3) is 0 Å². The van der Waals surface area contributed by atoms with Gasteiger partial charge in [0.15, 0.2) is 5.82 Å². The Labute approximate surface area is 113 Å². The molecular formula is C12H16F4N4. The molecule has 0 aromatic carbocycles. The molecule has 2 aromatic rings. The van der Waals surface area contributed by atoms with Crippen LogP contribution in [-0.4, -0.2) is 20.8 Å². The molecule has 2 aromatic heterocycles. The second-order valence-electron chi connectivity index (χ2n) is 4.30. The van der Waals surface area contributed by atoms with Gasteiger partial charge in [-0.2, -0.15) is 13.2 Å². The van der Waals surface area contributed by atoms with Gasteiger partial charge in [-0.1, -0.05) is 20.3 Å². The molecule has 0 saturated carbocycles. The van der Waals surface area contributed by atoms with Crippen molar-refractivity contribution in [1.82, 2.24) is 14.6 Å². The molecule has 2 rings (SSSR count). The minimum atomic E-state index is -4.47. The van der Waals surface area contributed by atoms with E-state index in [9.17, 15) is 17.6 Å². The monoisotopic (exact) mass is 292 g/mol. The zero-order valence-electron chi connectivity index (χ0n) is 11.4. The fourth-order valence-electron chi connectivity index (χ4n) is 1.46. The maximum absolute atomic E-state index is 13.4. The summed E-state index contributed by atoms with van der Waals surface area (Å²) in [7, 11) is 0. The normalized spacial score (nSPS) is 12.9. The van der Waals surface area contributed by atoms with Crippen molar-refractivity contribution < 1.29 is 17.6 Å².